The molecule has 9 heteroatoms. The van der Waals surface area contributed by atoms with Gasteiger partial charge >= 0.3 is 12.4 Å². The fraction of sp³-hybridized carbons (Fsp3) is 0.125. The molecule has 0 aliphatic carbocycles. The van der Waals surface area contributed by atoms with Gasteiger partial charge in [-0.1, -0.05) is 42.5 Å². The molecule has 4 rings (SSSR count). The highest BCUT2D eigenvalue weighted by molar-refractivity contribution is 6.11. The summed E-state index contributed by atoms with van der Waals surface area (Å²) in [6.07, 6.45) is -7.69. The van der Waals surface area contributed by atoms with Crippen molar-refractivity contribution < 1.29 is 31.1 Å². The van der Waals surface area contributed by atoms with E-state index in [2.05, 4.69) is 5.32 Å². The first kappa shape index (κ1) is 22.4. The number of anilines is 2. The summed E-state index contributed by atoms with van der Waals surface area (Å²) < 4.78 is 78.9. The molecule has 33 heavy (non-hydrogen) atoms. The standard InChI is InChI=1S/C24H16F6N2O/c25-23(26,27)16-8-4-10-18(12-16)31-20-14-21(15-6-2-1-3-7-15)32(22(20)33)19-11-5-9-17(13-19)24(28,29)30/h1-14,21,31H/t21-/m0/s1. The van der Waals surface area contributed by atoms with E-state index in [1.165, 1.54) is 35.2 Å². The number of carbonyl (C=O) groups is 1. The van der Waals surface area contributed by atoms with Crippen LogP contribution in [0.3, 0.4) is 0 Å². The van der Waals surface area contributed by atoms with Crippen LogP contribution in [0.1, 0.15) is 22.7 Å². The van der Waals surface area contributed by atoms with Crippen molar-refractivity contribution in [2.24, 2.45) is 0 Å². The monoisotopic (exact) mass is 462 g/mol. The van der Waals surface area contributed by atoms with Gasteiger partial charge in [0, 0.05) is 11.4 Å². The van der Waals surface area contributed by atoms with Crippen LogP contribution in [0.4, 0.5) is 37.7 Å². The third-order valence-electron chi connectivity index (χ3n) is 5.11. The Morgan fingerprint density at radius 2 is 1.33 bits per heavy atom. The van der Waals surface area contributed by atoms with E-state index in [4.69, 9.17) is 0 Å². The van der Waals surface area contributed by atoms with Gasteiger partial charge < -0.3 is 5.32 Å². The summed E-state index contributed by atoms with van der Waals surface area (Å²) >= 11 is 0. The van der Waals surface area contributed by atoms with Crippen molar-refractivity contribution in [1.29, 1.82) is 0 Å². The lowest BCUT2D eigenvalue weighted by Crippen LogP contribution is -2.31. The molecule has 1 atom stereocenters. The molecular weight excluding hydrogens is 446 g/mol. The van der Waals surface area contributed by atoms with Gasteiger partial charge in [-0.25, -0.2) is 0 Å². The lowest BCUT2D eigenvalue weighted by Gasteiger charge is -2.26. The van der Waals surface area contributed by atoms with Gasteiger partial charge in [0.25, 0.3) is 5.91 Å². The normalized spacial score (nSPS) is 16.7. The summed E-state index contributed by atoms with van der Waals surface area (Å²) in [4.78, 5) is 14.4. The molecular formula is C24H16F6N2O. The van der Waals surface area contributed by atoms with Crippen LogP contribution in [0.2, 0.25) is 0 Å². The molecule has 0 saturated heterocycles. The molecule has 0 saturated carbocycles. The van der Waals surface area contributed by atoms with Gasteiger partial charge in [0.2, 0.25) is 0 Å². The van der Waals surface area contributed by atoms with Crippen LogP contribution in [0.5, 0.6) is 0 Å². The largest absolute Gasteiger partial charge is 0.416 e. The smallest absolute Gasteiger partial charge is 0.351 e. The zero-order chi connectivity index (χ0) is 23.8. The first-order valence-electron chi connectivity index (χ1n) is 9.76. The summed E-state index contributed by atoms with van der Waals surface area (Å²) in [5, 5.41) is 2.70. The lowest BCUT2D eigenvalue weighted by atomic mass is 10.1. The Hall–Kier alpha value is -3.75. The molecule has 3 aromatic carbocycles. The number of amides is 1. The molecule has 0 radical (unpaired) electrons. The van der Waals surface area contributed by atoms with Crippen LogP contribution in [0.25, 0.3) is 0 Å². The lowest BCUT2D eigenvalue weighted by molar-refractivity contribution is -0.138. The number of nitrogens with one attached hydrogen (secondary N) is 1. The molecule has 0 aromatic heterocycles. The van der Waals surface area contributed by atoms with E-state index in [9.17, 15) is 31.1 Å². The van der Waals surface area contributed by atoms with Crippen molar-refractivity contribution in [3.63, 3.8) is 0 Å². The van der Waals surface area contributed by atoms with E-state index >= 15 is 0 Å². The van der Waals surface area contributed by atoms with Crippen LogP contribution in [0, 0.1) is 0 Å². The van der Waals surface area contributed by atoms with Crippen LogP contribution < -0.4 is 10.2 Å². The number of hydrogen-bond acceptors (Lipinski definition) is 2. The van der Waals surface area contributed by atoms with Crippen LogP contribution in [0.15, 0.2) is 90.6 Å². The van der Waals surface area contributed by atoms with Gasteiger partial charge in [-0.15, -0.1) is 0 Å². The maximum absolute atomic E-state index is 13.2. The average Bonchev–Trinajstić information content (AvgIpc) is 3.09. The SMILES string of the molecule is O=C1C(Nc2cccc(C(F)(F)F)c2)=C[C@@H](c2ccccc2)N1c1cccc(C(F)(F)F)c1. The molecule has 0 fully saturated rings. The molecule has 3 nitrogen and oxygen atoms in total. The molecule has 0 spiro atoms. The number of alkyl halides is 6. The summed E-state index contributed by atoms with van der Waals surface area (Å²) in [6, 6.07) is 16.5. The average molecular weight is 462 g/mol. The Morgan fingerprint density at radius 3 is 1.97 bits per heavy atom. The summed E-state index contributed by atoms with van der Waals surface area (Å²) in [5.41, 5.74) is -1.18. The third-order valence-corrected chi connectivity index (χ3v) is 5.11. The molecule has 0 bridgehead atoms. The highest BCUT2D eigenvalue weighted by atomic mass is 19.4. The molecule has 3 aromatic rings. The van der Waals surface area contributed by atoms with E-state index < -0.39 is 35.4 Å². The van der Waals surface area contributed by atoms with Gasteiger partial charge in [0.15, 0.2) is 0 Å². The van der Waals surface area contributed by atoms with E-state index in [0.29, 0.717) is 5.56 Å². The highest BCUT2D eigenvalue weighted by Gasteiger charge is 2.37. The summed E-state index contributed by atoms with van der Waals surface area (Å²) in [6.45, 7) is 0. The zero-order valence-corrected chi connectivity index (χ0v) is 16.8. The Kier molecular flexibility index (Phi) is 5.65. The summed E-state index contributed by atoms with van der Waals surface area (Å²) in [5.74, 6) is -0.666. The fourth-order valence-corrected chi connectivity index (χ4v) is 3.59. The highest BCUT2D eigenvalue weighted by Crippen LogP contribution is 2.39. The molecule has 1 heterocycles. The van der Waals surface area contributed by atoms with Gasteiger partial charge in [-0.05, 0) is 48.0 Å². The third kappa shape index (κ3) is 4.72. The first-order valence-corrected chi connectivity index (χ1v) is 9.76. The Morgan fingerprint density at radius 1 is 0.727 bits per heavy atom. The van der Waals surface area contributed by atoms with E-state index in [1.807, 2.05) is 0 Å². The van der Waals surface area contributed by atoms with Crippen molar-refractivity contribution >= 4 is 17.3 Å². The minimum absolute atomic E-state index is 0.0146. The van der Waals surface area contributed by atoms with Crippen molar-refractivity contribution in [2.75, 3.05) is 10.2 Å². The van der Waals surface area contributed by atoms with Crippen LogP contribution >= 0.6 is 0 Å². The molecule has 0 unspecified atom stereocenters. The minimum atomic E-state index is -4.60. The maximum Gasteiger partial charge on any atom is 0.416 e. The second kappa shape index (κ2) is 8.31. The fourth-order valence-electron chi connectivity index (χ4n) is 3.59. The number of benzene rings is 3. The second-order valence-electron chi connectivity index (χ2n) is 7.36. The minimum Gasteiger partial charge on any atom is -0.351 e. The molecule has 170 valence electrons. The second-order valence-corrected chi connectivity index (χ2v) is 7.36. The quantitative estimate of drug-likeness (QED) is 0.432. The molecule has 1 N–H and O–H groups in total. The number of halogens is 6. The molecule has 1 aliphatic heterocycles. The van der Waals surface area contributed by atoms with Crippen LogP contribution in [-0.2, 0) is 17.1 Å². The number of hydrogen-bond donors (Lipinski definition) is 1. The van der Waals surface area contributed by atoms with Crippen molar-refractivity contribution in [1.82, 2.24) is 0 Å². The summed E-state index contributed by atoms with van der Waals surface area (Å²) in [7, 11) is 0. The van der Waals surface area contributed by atoms with Crippen molar-refractivity contribution in [3.05, 3.63) is 107 Å². The topological polar surface area (TPSA) is 32.3 Å². The van der Waals surface area contributed by atoms with Gasteiger partial charge in [-0.3, -0.25) is 9.69 Å². The number of carbonyl (C=O) groups excluding carboxylic acids is 1. The Balaban J connectivity index is 1.73. The van der Waals surface area contributed by atoms with Crippen LogP contribution in [-0.4, -0.2) is 5.91 Å². The maximum atomic E-state index is 13.2. The van der Waals surface area contributed by atoms with E-state index in [0.717, 1.165) is 24.3 Å². The number of nitrogens with zero attached hydrogens (tertiary/aromatic N) is 1. The molecule has 1 aliphatic rings. The van der Waals surface area contributed by atoms with E-state index in [1.54, 1.807) is 30.3 Å². The predicted molar refractivity (Wildman–Crippen MR) is 111 cm³/mol. The first-order chi connectivity index (χ1) is 15.5. The van der Waals surface area contributed by atoms with Gasteiger partial charge in [0.1, 0.15) is 5.70 Å². The van der Waals surface area contributed by atoms with Crippen molar-refractivity contribution in [3.8, 4) is 0 Å². The Bertz CT molecular complexity index is 1200. The van der Waals surface area contributed by atoms with E-state index in [-0.39, 0.29) is 17.1 Å². The number of rotatable bonds is 4. The molecule has 1 amide bonds. The van der Waals surface area contributed by atoms with Crippen molar-refractivity contribution in [2.45, 2.75) is 18.4 Å². The predicted octanol–water partition coefficient (Wildman–Crippen LogP) is 6.81. The zero-order valence-electron chi connectivity index (χ0n) is 16.8. The Labute approximate surface area is 185 Å². The van der Waals surface area contributed by atoms with Gasteiger partial charge in [-0.2, -0.15) is 26.3 Å². The van der Waals surface area contributed by atoms with Gasteiger partial charge in [0.05, 0.1) is 17.2 Å².